The third-order valence-corrected chi connectivity index (χ3v) is 1.58. The fraction of sp³-hybridized carbons (Fsp3) is 0.778. The van der Waals surface area contributed by atoms with Crippen LogP contribution in [0.25, 0.3) is 0 Å². The first-order valence-corrected chi connectivity index (χ1v) is 4.17. The van der Waals surface area contributed by atoms with Crippen molar-refractivity contribution in [2.45, 2.75) is 39.5 Å². The third-order valence-electron chi connectivity index (χ3n) is 1.58. The van der Waals surface area contributed by atoms with E-state index in [2.05, 4.69) is 19.9 Å². The van der Waals surface area contributed by atoms with Crippen LogP contribution in [-0.4, -0.2) is 6.54 Å². The summed E-state index contributed by atoms with van der Waals surface area (Å²) in [5, 5.41) is 0. The molecule has 10 heavy (non-hydrogen) atoms. The first-order valence-electron chi connectivity index (χ1n) is 4.17. The number of hydrogen-bond donors (Lipinski definition) is 1. The van der Waals surface area contributed by atoms with Crippen molar-refractivity contribution >= 4 is 0 Å². The quantitative estimate of drug-likeness (QED) is 0.462. The SMILES string of the molecule is CC/C=C(\C)CCCCN. The van der Waals surface area contributed by atoms with E-state index < -0.39 is 0 Å². The van der Waals surface area contributed by atoms with E-state index in [1.54, 1.807) is 0 Å². The Morgan fingerprint density at radius 3 is 2.60 bits per heavy atom. The highest BCUT2D eigenvalue weighted by Gasteiger charge is 1.87. The van der Waals surface area contributed by atoms with Gasteiger partial charge in [0.1, 0.15) is 0 Å². The molecule has 0 atom stereocenters. The van der Waals surface area contributed by atoms with E-state index in [1.165, 1.54) is 18.4 Å². The third kappa shape index (κ3) is 5.83. The molecule has 0 saturated heterocycles. The zero-order valence-corrected chi connectivity index (χ0v) is 7.19. The molecular formula is C9H19N. The summed E-state index contributed by atoms with van der Waals surface area (Å²) in [4.78, 5) is 0. The normalized spacial score (nSPS) is 12.1. The lowest BCUT2D eigenvalue weighted by atomic mass is 10.1. The van der Waals surface area contributed by atoms with E-state index in [4.69, 9.17) is 5.73 Å². The van der Waals surface area contributed by atoms with Crippen LogP contribution in [0.1, 0.15) is 39.5 Å². The maximum Gasteiger partial charge on any atom is -0.00772 e. The van der Waals surface area contributed by atoms with Crippen LogP contribution in [0.3, 0.4) is 0 Å². The van der Waals surface area contributed by atoms with Crippen LogP contribution in [0.15, 0.2) is 11.6 Å². The maximum absolute atomic E-state index is 5.37. The average molecular weight is 141 g/mol. The van der Waals surface area contributed by atoms with Crippen molar-refractivity contribution in [3.8, 4) is 0 Å². The van der Waals surface area contributed by atoms with E-state index in [9.17, 15) is 0 Å². The number of unbranched alkanes of at least 4 members (excludes halogenated alkanes) is 1. The highest BCUT2D eigenvalue weighted by Crippen LogP contribution is 2.05. The zero-order chi connectivity index (χ0) is 7.82. The minimum atomic E-state index is 0.833. The first-order chi connectivity index (χ1) is 4.81. The molecule has 1 heteroatoms. The summed E-state index contributed by atoms with van der Waals surface area (Å²) in [6, 6.07) is 0. The smallest absolute Gasteiger partial charge is 0.00772 e. The van der Waals surface area contributed by atoms with Crippen molar-refractivity contribution in [1.29, 1.82) is 0 Å². The lowest BCUT2D eigenvalue weighted by Crippen LogP contribution is -1.97. The van der Waals surface area contributed by atoms with Crippen LogP contribution in [0.2, 0.25) is 0 Å². The molecule has 60 valence electrons. The molecule has 0 aromatic heterocycles. The van der Waals surface area contributed by atoms with E-state index >= 15 is 0 Å². The Labute approximate surface area is 64.3 Å². The predicted octanol–water partition coefficient (Wildman–Crippen LogP) is 2.47. The Morgan fingerprint density at radius 2 is 2.10 bits per heavy atom. The molecule has 0 amide bonds. The molecule has 0 aliphatic carbocycles. The van der Waals surface area contributed by atoms with Crippen LogP contribution >= 0.6 is 0 Å². The Kier molecular flexibility index (Phi) is 6.61. The molecule has 0 radical (unpaired) electrons. The Bertz CT molecular complexity index is 94.9. The summed E-state index contributed by atoms with van der Waals surface area (Å²) in [5.74, 6) is 0. The molecule has 0 aliphatic rings. The molecule has 0 bridgehead atoms. The zero-order valence-electron chi connectivity index (χ0n) is 7.19. The van der Waals surface area contributed by atoms with Crippen LogP contribution in [-0.2, 0) is 0 Å². The van der Waals surface area contributed by atoms with Gasteiger partial charge in [-0.3, -0.25) is 0 Å². The van der Waals surface area contributed by atoms with E-state index in [-0.39, 0.29) is 0 Å². The summed E-state index contributed by atoms with van der Waals surface area (Å²) >= 11 is 0. The van der Waals surface area contributed by atoms with Gasteiger partial charge in [-0.1, -0.05) is 18.6 Å². The molecule has 0 aromatic carbocycles. The lowest BCUT2D eigenvalue weighted by Gasteiger charge is -1.98. The lowest BCUT2D eigenvalue weighted by molar-refractivity contribution is 0.737. The van der Waals surface area contributed by atoms with Gasteiger partial charge in [-0.15, -0.1) is 0 Å². The number of nitrogens with two attached hydrogens (primary N) is 1. The maximum atomic E-state index is 5.37. The van der Waals surface area contributed by atoms with Crippen LogP contribution in [0.4, 0.5) is 0 Å². The number of rotatable bonds is 5. The minimum absolute atomic E-state index is 0.833. The van der Waals surface area contributed by atoms with E-state index in [0.717, 1.165) is 19.4 Å². The van der Waals surface area contributed by atoms with E-state index in [0.29, 0.717) is 0 Å². The van der Waals surface area contributed by atoms with Crippen LogP contribution in [0, 0.1) is 0 Å². The van der Waals surface area contributed by atoms with Crippen LogP contribution < -0.4 is 5.73 Å². The number of allylic oxidation sites excluding steroid dienone is 2. The van der Waals surface area contributed by atoms with Gasteiger partial charge >= 0.3 is 0 Å². The van der Waals surface area contributed by atoms with Gasteiger partial charge in [0.15, 0.2) is 0 Å². The first kappa shape index (κ1) is 9.70. The average Bonchev–Trinajstić information content (AvgIpc) is 1.89. The van der Waals surface area contributed by atoms with Crippen molar-refractivity contribution in [3.05, 3.63) is 11.6 Å². The fourth-order valence-electron chi connectivity index (χ4n) is 0.999. The predicted molar refractivity (Wildman–Crippen MR) is 47.0 cm³/mol. The molecular weight excluding hydrogens is 122 g/mol. The highest BCUT2D eigenvalue weighted by molar-refractivity contribution is 4.96. The Morgan fingerprint density at radius 1 is 1.40 bits per heavy atom. The summed E-state index contributed by atoms with van der Waals surface area (Å²) in [6.07, 6.45) is 7.09. The molecule has 0 spiro atoms. The van der Waals surface area contributed by atoms with E-state index in [1.807, 2.05) is 0 Å². The molecule has 0 rings (SSSR count). The fourth-order valence-corrected chi connectivity index (χ4v) is 0.999. The van der Waals surface area contributed by atoms with Gasteiger partial charge in [0.05, 0.1) is 0 Å². The molecule has 0 fully saturated rings. The largest absolute Gasteiger partial charge is 0.330 e. The van der Waals surface area contributed by atoms with Crippen molar-refractivity contribution in [1.82, 2.24) is 0 Å². The molecule has 1 nitrogen and oxygen atoms in total. The second-order valence-corrected chi connectivity index (χ2v) is 2.70. The molecule has 0 unspecified atom stereocenters. The second kappa shape index (κ2) is 6.81. The van der Waals surface area contributed by atoms with Crippen molar-refractivity contribution in [2.24, 2.45) is 5.73 Å². The van der Waals surface area contributed by atoms with Gasteiger partial charge in [0.25, 0.3) is 0 Å². The second-order valence-electron chi connectivity index (χ2n) is 2.70. The van der Waals surface area contributed by atoms with Crippen LogP contribution in [0.5, 0.6) is 0 Å². The molecule has 0 aliphatic heterocycles. The topological polar surface area (TPSA) is 26.0 Å². The van der Waals surface area contributed by atoms with Gasteiger partial charge in [-0.2, -0.15) is 0 Å². The molecule has 0 saturated carbocycles. The standard InChI is InChI=1S/C9H19N/c1-3-6-9(2)7-4-5-8-10/h6H,3-5,7-8,10H2,1-2H3/b9-6+. The van der Waals surface area contributed by atoms with Crippen molar-refractivity contribution in [2.75, 3.05) is 6.54 Å². The van der Waals surface area contributed by atoms with Crippen molar-refractivity contribution < 1.29 is 0 Å². The van der Waals surface area contributed by atoms with Gasteiger partial charge in [0.2, 0.25) is 0 Å². The Hall–Kier alpha value is -0.300. The minimum Gasteiger partial charge on any atom is -0.330 e. The molecule has 0 heterocycles. The van der Waals surface area contributed by atoms with Gasteiger partial charge in [-0.05, 0) is 39.2 Å². The molecule has 2 N–H and O–H groups in total. The summed E-state index contributed by atoms with van der Waals surface area (Å²) < 4.78 is 0. The van der Waals surface area contributed by atoms with Gasteiger partial charge in [0, 0.05) is 0 Å². The number of hydrogen-bond acceptors (Lipinski definition) is 1. The summed E-state index contributed by atoms with van der Waals surface area (Å²) in [5.41, 5.74) is 6.88. The highest BCUT2D eigenvalue weighted by atomic mass is 14.5. The van der Waals surface area contributed by atoms with Crippen molar-refractivity contribution in [3.63, 3.8) is 0 Å². The summed E-state index contributed by atoms with van der Waals surface area (Å²) in [7, 11) is 0. The molecule has 0 aromatic rings. The Balaban J connectivity index is 3.21. The van der Waals surface area contributed by atoms with Gasteiger partial charge < -0.3 is 5.73 Å². The monoisotopic (exact) mass is 141 g/mol. The van der Waals surface area contributed by atoms with Gasteiger partial charge in [-0.25, -0.2) is 0 Å². The summed E-state index contributed by atoms with van der Waals surface area (Å²) in [6.45, 7) is 5.20.